The Morgan fingerprint density at radius 2 is 2.10 bits per heavy atom. The Morgan fingerprint density at radius 1 is 1.43 bits per heavy atom. The van der Waals surface area contributed by atoms with Crippen LogP contribution in [0.15, 0.2) is 12.1 Å². The minimum absolute atomic E-state index is 0.00363. The van der Waals surface area contributed by atoms with Crippen molar-refractivity contribution in [2.75, 3.05) is 19.0 Å². The smallest absolute Gasteiger partial charge is 0.319 e. The molecule has 0 radical (unpaired) electrons. The zero-order valence-electron chi connectivity index (χ0n) is 12.2. The van der Waals surface area contributed by atoms with E-state index in [0.717, 1.165) is 5.56 Å². The van der Waals surface area contributed by atoms with Gasteiger partial charge in [-0.15, -0.1) is 0 Å². The van der Waals surface area contributed by atoms with Crippen molar-refractivity contribution in [2.24, 2.45) is 5.92 Å². The molecule has 0 spiro atoms. The van der Waals surface area contributed by atoms with E-state index in [0.29, 0.717) is 16.5 Å². The first kappa shape index (κ1) is 17.1. The van der Waals surface area contributed by atoms with E-state index >= 15 is 0 Å². The Labute approximate surface area is 128 Å². The Kier molecular flexibility index (Phi) is 6.30. The second kappa shape index (κ2) is 7.73. The molecule has 1 atom stereocenters. The molecule has 116 valence electrons. The van der Waals surface area contributed by atoms with Gasteiger partial charge in [0.15, 0.2) is 0 Å². The molecule has 1 unspecified atom stereocenters. The maximum atomic E-state index is 11.8. The SMILES string of the molecule is COc1cc(Cl)c(C)cc1NC(=O)NCC(C)CC(=O)O. The third-order valence-corrected chi connectivity index (χ3v) is 3.27. The van der Waals surface area contributed by atoms with Gasteiger partial charge in [-0.2, -0.15) is 0 Å². The Balaban J connectivity index is 2.62. The number of rotatable bonds is 6. The van der Waals surface area contributed by atoms with Crippen LogP contribution in [0.5, 0.6) is 5.75 Å². The average molecular weight is 315 g/mol. The molecular formula is C14H19ClN2O4. The van der Waals surface area contributed by atoms with E-state index in [2.05, 4.69) is 10.6 Å². The van der Waals surface area contributed by atoms with Crippen LogP contribution >= 0.6 is 11.6 Å². The Hall–Kier alpha value is -1.95. The number of urea groups is 1. The van der Waals surface area contributed by atoms with Gasteiger partial charge >= 0.3 is 12.0 Å². The van der Waals surface area contributed by atoms with Gasteiger partial charge in [-0.05, 0) is 24.5 Å². The number of hydrogen-bond donors (Lipinski definition) is 3. The number of hydrogen-bond acceptors (Lipinski definition) is 3. The summed E-state index contributed by atoms with van der Waals surface area (Å²) in [6.07, 6.45) is 0.00363. The molecule has 7 heteroatoms. The summed E-state index contributed by atoms with van der Waals surface area (Å²) in [5.41, 5.74) is 1.31. The van der Waals surface area contributed by atoms with Crippen LogP contribution in [0.25, 0.3) is 0 Å². The maximum absolute atomic E-state index is 11.8. The summed E-state index contributed by atoms with van der Waals surface area (Å²) in [6, 6.07) is 2.91. The summed E-state index contributed by atoms with van der Waals surface area (Å²) in [4.78, 5) is 22.3. The summed E-state index contributed by atoms with van der Waals surface area (Å²) < 4.78 is 5.16. The van der Waals surface area contributed by atoms with E-state index in [1.165, 1.54) is 7.11 Å². The molecule has 0 aliphatic carbocycles. The number of carbonyl (C=O) groups excluding carboxylic acids is 1. The highest BCUT2D eigenvalue weighted by Gasteiger charge is 2.12. The first-order valence-corrected chi connectivity index (χ1v) is 6.82. The van der Waals surface area contributed by atoms with Crippen molar-refractivity contribution in [3.05, 3.63) is 22.7 Å². The van der Waals surface area contributed by atoms with Gasteiger partial charge < -0.3 is 20.5 Å². The molecule has 0 saturated heterocycles. The molecule has 0 aliphatic rings. The number of anilines is 1. The van der Waals surface area contributed by atoms with Crippen molar-refractivity contribution < 1.29 is 19.4 Å². The number of aryl methyl sites for hydroxylation is 1. The van der Waals surface area contributed by atoms with E-state index < -0.39 is 12.0 Å². The molecule has 0 heterocycles. The Morgan fingerprint density at radius 3 is 2.67 bits per heavy atom. The molecule has 1 aromatic carbocycles. The quantitative estimate of drug-likeness (QED) is 0.753. The van der Waals surface area contributed by atoms with Crippen LogP contribution in [-0.2, 0) is 4.79 Å². The standard InChI is InChI=1S/C14H19ClN2O4/c1-8(4-13(18)19)7-16-14(20)17-11-5-9(2)10(15)6-12(11)21-3/h5-6,8H,4,7H2,1-3H3,(H,18,19)(H2,16,17,20). The highest BCUT2D eigenvalue weighted by atomic mass is 35.5. The topological polar surface area (TPSA) is 87.7 Å². The largest absolute Gasteiger partial charge is 0.495 e. The van der Waals surface area contributed by atoms with Crippen molar-refractivity contribution >= 4 is 29.3 Å². The van der Waals surface area contributed by atoms with E-state index in [-0.39, 0.29) is 18.9 Å². The van der Waals surface area contributed by atoms with Crippen LogP contribution in [0.3, 0.4) is 0 Å². The second-order valence-electron chi connectivity index (χ2n) is 4.84. The summed E-state index contributed by atoms with van der Waals surface area (Å²) >= 11 is 5.99. The number of halogens is 1. The number of carbonyl (C=O) groups is 2. The summed E-state index contributed by atoms with van der Waals surface area (Å²) in [5, 5.41) is 14.5. The minimum atomic E-state index is -0.889. The van der Waals surface area contributed by atoms with Crippen LogP contribution in [-0.4, -0.2) is 30.8 Å². The van der Waals surface area contributed by atoms with Gasteiger partial charge in [0.1, 0.15) is 5.75 Å². The van der Waals surface area contributed by atoms with Gasteiger partial charge in [-0.3, -0.25) is 4.79 Å². The third-order valence-electron chi connectivity index (χ3n) is 2.86. The number of ether oxygens (including phenoxy) is 1. The van der Waals surface area contributed by atoms with Gasteiger partial charge in [0.2, 0.25) is 0 Å². The molecule has 1 aromatic rings. The van der Waals surface area contributed by atoms with Crippen molar-refractivity contribution in [2.45, 2.75) is 20.3 Å². The lowest BCUT2D eigenvalue weighted by atomic mass is 10.1. The normalized spacial score (nSPS) is 11.6. The molecular weight excluding hydrogens is 296 g/mol. The first-order valence-electron chi connectivity index (χ1n) is 6.44. The number of amides is 2. The molecule has 0 aromatic heterocycles. The molecule has 0 saturated carbocycles. The molecule has 21 heavy (non-hydrogen) atoms. The van der Waals surface area contributed by atoms with Gasteiger partial charge in [0.05, 0.1) is 12.8 Å². The van der Waals surface area contributed by atoms with Crippen LogP contribution in [0.1, 0.15) is 18.9 Å². The molecule has 3 N–H and O–H groups in total. The van der Waals surface area contributed by atoms with Crippen LogP contribution in [0, 0.1) is 12.8 Å². The van der Waals surface area contributed by atoms with Crippen LogP contribution < -0.4 is 15.4 Å². The molecule has 0 aliphatic heterocycles. The first-order chi connectivity index (χ1) is 9.83. The van der Waals surface area contributed by atoms with Crippen molar-refractivity contribution in [3.63, 3.8) is 0 Å². The lowest BCUT2D eigenvalue weighted by molar-refractivity contribution is -0.137. The predicted octanol–water partition coefficient (Wildman–Crippen LogP) is 2.89. The van der Waals surface area contributed by atoms with E-state index in [9.17, 15) is 9.59 Å². The second-order valence-corrected chi connectivity index (χ2v) is 5.25. The lowest BCUT2D eigenvalue weighted by Crippen LogP contribution is -2.33. The zero-order chi connectivity index (χ0) is 16.0. The van der Waals surface area contributed by atoms with Gasteiger partial charge in [0, 0.05) is 24.1 Å². The number of methoxy groups -OCH3 is 1. The van der Waals surface area contributed by atoms with Gasteiger partial charge in [-0.25, -0.2) is 4.79 Å². The zero-order valence-corrected chi connectivity index (χ0v) is 13.0. The fourth-order valence-electron chi connectivity index (χ4n) is 1.73. The fourth-order valence-corrected chi connectivity index (χ4v) is 1.89. The highest BCUT2D eigenvalue weighted by Crippen LogP contribution is 2.30. The highest BCUT2D eigenvalue weighted by molar-refractivity contribution is 6.31. The van der Waals surface area contributed by atoms with Gasteiger partial charge in [-0.1, -0.05) is 18.5 Å². The molecule has 0 fully saturated rings. The van der Waals surface area contributed by atoms with E-state index in [1.807, 2.05) is 6.92 Å². The number of nitrogens with one attached hydrogen (secondary N) is 2. The maximum Gasteiger partial charge on any atom is 0.319 e. The van der Waals surface area contributed by atoms with Crippen molar-refractivity contribution in [1.82, 2.24) is 5.32 Å². The summed E-state index contributed by atoms with van der Waals surface area (Å²) in [6.45, 7) is 3.84. The van der Waals surface area contributed by atoms with Crippen LogP contribution in [0.4, 0.5) is 10.5 Å². The average Bonchev–Trinajstić information content (AvgIpc) is 2.39. The number of carboxylic acids is 1. The van der Waals surface area contributed by atoms with Crippen molar-refractivity contribution in [1.29, 1.82) is 0 Å². The molecule has 6 nitrogen and oxygen atoms in total. The summed E-state index contributed by atoms with van der Waals surface area (Å²) in [5.74, 6) is -0.582. The minimum Gasteiger partial charge on any atom is -0.495 e. The number of aliphatic carboxylic acids is 1. The number of carboxylic acid groups (broad SMARTS) is 1. The monoisotopic (exact) mass is 314 g/mol. The molecule has 0 bridgehead atoms. The van der Waals surface area contributed by atoms with Crippen molar-refractivity contribution in [3.8, 4) is 5.75 Å². The Bertz CT molecular complexity index is 534. The lowest BCUT2D eigenvalue weighted by Gasteiger charge is -2.14. The van der Waals surface area contributed by atoms with E-state index in [1.54, 1.807) is 19.1 Å². The molecule has 2 amide bonds. The van der Waals surface area contributed by atoms with E-state index in [4.69, 9.17) is 21.4 Å². The third kappa shape index (κ3) is 5.51. The van der Waals surface area contributed by atoms with Gasteiger partial charge in [0.25, 0.3) is 0 Å². The predicted molar refractivity (Wildman–Crippen MR) is 81.2 cm³/mol. The van der Waals surface area contributed by atoms with Crippen LogP contribution in [0.2, 0.25) is 5.02 Å². The molecule has 1 rings (SSSR count). The fraction of sp³-hybridized carbons (Fsp3) is 0.429. The number of benzene rings is 1. The summed E-state index contributed by atoms with van der Waals surface area (Å²) in [7, 11) is 1.49.